The van der Waals surface area contributed by atoms with Gasteiger partial charge in [0.25, 0.3) is 0 Å². The van der Waals surface area contributed by atoms with Crippen molar-refractivity contribution in [2.75, 3.05) is 0 Å². The van der Waals surface area contributed by atoms with Gasteiger partial charge < -0.3 is 5.11 Å². The van der Waals surface area contributed by atoms with Gasteiger partial charge in [-0.2, -0.15) is 0 Å². The van der Waals surface area contributed by atoms with E-state index in [0.29, 0.717) is 0 Å². The Labute approximate surface area is 84.6 Å². The minimum absolute atomic E-state index is 0.0914. The number of aryl methyl sites for hydroxylation is 2. The van der Waals surface area contributed by atoms with Crippen LogP contribution in [0.4, 0.5) is 0 Å². The summed E-state index contributed by atoms with van der Waals surface area (Å²) in [6.45, 7) is 6.02. The first-order valence-corrected chi connectivity index (χ1v) is 4.80. The number of carbonyl (C=O) groups is 1. The van der Waals surface area contributed by atoms with Crippen LogP contribution >= 0.6 is 0 Å². The van der Waals surface area contributed by atoms with Crippen LogP contribution in [0.25, 0.3) is 0 Å². The second-order valence-corrected chi connectivity index (χ2v) is 3.80. The van der Waals surface area contributed by atoms with E-state index < -0.39 is 5.97 Å². The van der Waals surface area contributed by atoms with E-state index in [1.165, 1.54) is 16.7 Å². The van der Waals surface area contributed by atoms with Crippen LogP contribution in [0.2, 0.25) is 0 Å². The molecule has 1 N–H and O–H groups in total. The molecule has 0 aliphatic heterocycles. The van der Waals surface area contributed by atoms with Crippen molar-refractivity contribution in [3.63, 3.8) is 0 Å². The summed E-state index contributed by atoms with van der Waals surface area (Å²) in [4.78, 5) is 10.6. The van der Waals surface area contributed by atoms with Crippen molar-refractivity contribution in [3.05, 3.63) is 34.9 Å². The number of rotatable bonds is 3. The van der Waals surface area contributed by atoms with Gasteiger partial charge in [-0.25, -0.2) is 0 Å². The molecule has 0 amide bonds. The van der Waals surface area contributed by atoms with E-state index in [4.69, 9.17) is 5.11 Å². The van der Waals surface area contributed by atoms with Crippen molar-refractivity contribution in [2.45, 2.75) is 33.1 Å². The van der Waals surface area contributed by atoms with Gasteiger partial charge in [0.05, 0.1) is 6.42 Å². The van der Waals surface area contributed by atoms with Crippen molar-refractivity contribution in [1.29, 1.82) is 0 Å². The molecule has 0 bridgehead atoms. The standard InChI is InChI=1S/C12H16O2/c1-8-5-4-6-9(2)12(8)10(3)7-11(13)14/h4-6,10H,7H2,1-3H3,(H,13,14)/t10-/m0/s1. The molecule has 0 radical (unpaired) electrons. The van der Waals surface area contributed by atoms with Crippen LogP contribution in [0, 0.1) is 13.8 Å². The minimum Gasteiger partial charge on any atom is -0.481 e. The maximum atomic E-state index is 10.6. The molecule has 2 nitrogen and oxygen atoms in total. The van der Waals surface area contributed by atoms with E-state index in [0.717, 1.165) is 0 Å². The van der Waals surface area contributed by atoms with Crippen LogP contribution in [0.3, 0.4) is 0 Å². The van der Waals surface area contributed by atoms with Crippen molar-refractivity contribution in [3.8, 4) is 0 Å². The predicted octanol–water partition coefficient (Wildman–Crippen LogP) is 2.88. The molecule has 1 rings (SSSR count). The van der Waals surface area contributed by atoms with Gasteiger partial charge in [0.15, 0.2) is 0 Å². The first kappa shape index (κ1) is 10.8. The van der Waals surface area contributed by atoms with Crippen molar-refractivity contribution >= 4 is 5.97 Å². The topological polar surface area (TPSA) is 37.3 Å². The first-order valence-electron chi connectivity index (χ1n) is 4.80. The molecular weight excluding hydrogens is 176 g/mol. The third-order valence-corrected chi connectivity index (χ3v) is 2.52. The highest BCUT2D eigenvalue weighted by atomic mass is 16.4. The molecule has 2 heteroatoms. The number of hydrogen-bond donors (Lipinski definition) is 1. The molecule has 0 fully saturated rings. The lowest BCUT2D eigenvalue weighted by molar-refractivity contribution is -0.137. The Morgan fingerprint density at radius 2 is 1.86 bits per heavy atom. The van der Waals surface area contributed by atoms with Crippen LogP contribution in [0.5, 0.6) is 0 Å². The number of hydrogen-bond acceptors (Lipinski definition) is 1. The zero-order valence-electron chi connectivity index (χ0n) is 8.87. The van der Waals surface area contributed by atoms with Crippen LogP contribution in [0.15, 0.2) is 18.2 Å². The van der Waals surface area contributed by atoms with Gasteiger partial charge in [-0.1, -0.05) is 25.1 Å². The smallest absolute Gasteiger partial charge is 0.303 e. The quantitative estimate of drug-likeness (QED) is 0.799. The van der Waals surface area contributed by atoms with Crippen LogP contribution in [-0.2, 0) is 4.79 Å². The number of benzene rings is 1. The van der Waals surface area contributed by atoms with E-state index in [1.54, 1.807) is 0 Å². The summed E-state index contributed by atoms with van der Waals surface area (Å²) in [5, 5.41) is 8.73. The largest absolute Gasteiger partial charge is 0.481 e. The fourth-order valence-electron chi connectivity index (χ4n) is 1.97. The molecule has 0 saturated carbocycles. The summed E-state index contributed by atoms with van der Waals surface area (Å²) in [5.74, 6) is -0.645. The van der Waals surface area contributed by atoms with E-state index >= 15 is 0 Å². The van der Waals surface area contributed by atoms with Gasteiger partial charge in [-0.3, -0.25) is 4.79 Å². The summed E-state index contributed by atoms with van der Waals surface area (Å²) < 4.78 is 0. The summed E-state index contributed by atoms with van der Waals surface area (Å²) in [7, 11) is 0. The predicted molar refractivity (Wildman–Crippen MR) is 56.6 cm³/mol. The average Bonchev–Trinajstić information content (AvgIpc) is 2.01. The molecule has 0 spiro atoms. The number of carboxylic acids is 1. The molecular formula is C12H16O2. The summed E-state index contributed by atoms with van der Waals surface area (Å²) >= 11 is 0. The zero-order chi connectivity index (χ0) is 10.7. The Bertz CT molecular complexity index is 322. The highest BCUT2D eigenvalue weighted by molar-refractivity contribution is 5.68. The third kappa shape index (κ3) is 2.34. The molecule has 0 aromatic heterocycles. The van der Waals surface area contributed by atoms with Gasteiger partial charge in [-0.15, -0.1) is 0 Å². The van der Waals surface area contributed by atoms with E-state index in [9.17, 15) is 4.79 Å². The van der Waals surface area contributed by atoms with Gasteiger partial charge in [0, 0.05) is 0 Å². The lowest BCUT2D eigenvalue weighted by atomic mass is 9.90. The second-order valence-electron chi connectivity index (χ2n) is 3.80. The fourth-order valence-corrected chi connectivity index (χ4v) is 1.97. The lowest BCUT2D eigenvalue weighted by Crippen LogP contribution is -2.06. The van der Waals surface area contributed by atoms with Gasteiger partial charge in [0.2, 0.25) is 0 Å². The van der Waals surface area contributed by atoms with Crippen molar-refractivity contribution in [2.24, 2.45) is 0 Å². The highest BCUT2D eigenvalue weighted by Gasteiger charge is 2.13. The summed E-state index contributed by atoms with van der Waals surface area (Å²) in [6, 6.07) is 6.06. The third-order valence-electron chi connectivity index (χ3n) is 2.52. The molecule has 76 valence electrons. The van der Waals surface area contributed by atoms with Crippen molar-refractivity contribution < 1.29 is 9.90 Å². The molecule has 14 heavy (non-hydrogen) atoms. The van der Waals surface area contributed by atoms with Crippen LogP contribution in [-0.4, -0.2) is 11.1 Å². The van der Waals surface area contributed by atoms with E-state index in [-0.39, 0.29) is 12.3 Å². The minimum atomic E-state index is -0.736. The first-order chi connectivity index (χ1) is 6.52. The highest BCUT2D eigenvalue weighted by Crippen LogP contribution is 2.25. The van der Waals surface area contributed by atoms with Gasteiger partial charge in [-0.05, 0) is 36.5 Å². The normalized spacial score (nSPS) is 12.5. The summed E-state index contributed by atoms with van der Waals surface area (Å²) in [5.41, 5.74) is 3.53. The van der Waals surface area contributed by atoms with Gasteiger partial charge in [0.1, 0.15) is 0 Å². The Morgan fingerprint density at radius 1 is 1.36 bits per heavy atom. The zero-order valence-corrected chi connectivity index (χ0v) is 8.87. The van der Waals surface area contributed by atoms with Crippen LogP contribution in [0.1, 0.15) is 36.0 Å². The molecule has 1 aromatic carbocycles. The Morgan fingerprint density at radius 3 is 2.29 bits per heavy atom. The SMILES string of the molecule is Cc1cccc(C)c1[C@@H](C)CC(=O)O. The Hall–Kier alpha value is -1.31. The van der Waals surface area contributed by atoms with Crippen molar-refractivity contribution in [1.82, 2.24) is 0 Å². The second kappa shape index (κ2) is 4.27. The number of carboxylic acid groups (broad SMARTS) is 1. The van der Waals surface area contributed by atoms with E-state index in [2.05, 4.69) is 0 Å². The van der Waals surface area contributed by atoms with E-state index in [1.807, 2.05) is 39.0 Å². The Kier molecular flexibility index (Phi) is 3.28. The maximum Gasteiger partial charge on any atom is 0.303 e. The van der Waals surface area contributed by atoms with Crippen LogP contribution < -0.4 is 0 Å². The molecule has 0 aliphatic rings. The molecule has 0 saturated heterocycles. The lowest BCUT2D eigenvalue weighted by Gasteiger charge is -2.15. The number of aliphatic carboxylic acids is 1. The molecule has 1 aromatic rings. The molecule has 1 atom stereocenters. The van der Waals surface area contributed by atoms with Gasteiger partial charge >= 0.3 is 5.97 Å². The monoisotopic (exact) mass is 192 g/mol. The molecule has 0 heterocycles. The Balaban J connectivity index is 2.99. The average molecular weight is 192 g/mol. The molecule has 0 unspecified atom stereocenters. The summed E-state index contributed by atoms with van der Waals surface area (Å²) in [6.07, 6.45) is 0.200. The maximum absolute atomic E-state index is 10.6. The molecule has 0 aliphatic carbocycles. The fraction of sp³-hybridized carbons (Fsp3) is 0.417.